The third-order valence-corrected chi connectivity index (χ3v) is 3.07. The summed E-state index contributed by atoms with van der Waals surface area (Å²) >= 11 is 5.99. The van der Waals surface area contributed by atoms with Crippen molar-refractivity contribution in [3.63, 3.8) is 0 Å². The Hall–Kier alpha value is -1.26. The second kappa shape index (κ2) is 7.24. The van der Waals surface area contributed by atoms with Crippen molar-refractivity contribution < 1.29 is 9.90 Å². The maximum atomic E-state index is 12.0. The molecule has 1 aromatic rings. The van der Waals surface area contributed by atoms with E-state index in [1.165, 1.54) is 0 Å². The van der Waals surface area contributed by atoms with Gasteiger partial charge in [-0.2, -0.15) is 0 Å². The van der Waals surface area contributed by atoms with E-state index in [1.807, 2.05) is 19.9 Å². The van der Waals surface area contributed by atoms with Gasteiger partial charge in [-0.15, -0.1) is 0 Å². The number of rotatable bonds is 5. The topological polar surface area (TPSA) is 52.6 Å². The Balaban J connectivity index is 2.75. The first-order valence-corrected chi connectivity index (χ1v) is 6.39. The molecule has 0 unspecified atom stereocenters. The smallest absolute Gasteiger partial charge is 0.321 e. The number of carbonyl (C=O) groups excluding carboxylic acids is 1. The zero-order chi connectivity index (χ0) is 13.5. The highest BCUT2D eigenvalue weighted by molar-refractivity contribution is 6.31. The van der Waals surface area contributed by atoms with Crippen LogP contribution in [0.1, 0.15) is 18.9 Å². The van der Waals surface area contributed by atoms with Gasteiger partial charge in [0, 0.05) is 23.8 Å². The van der Waals surface area contributed by atoms with Crippen LogP contribution in [0.2, 0.25) is 5.02 Å². The van der Waals surface area contributed by atoms with Crippen molar-refractivity contribution in [3.05, 3.63) is 28.8 Å². The standard InChI is InChI=1S/C13H19ClN2O2/c1-3-7-16(8-9-17)13(18)15-12-6-4-5-11(14)10(12)2/h4-6,17H,3,7-9H2,1-2H3,(H,15,18). The van der Waals surface area contributed by atoms with Gasteiger partial charge in [0.25, 0.3) is 0 Å². The molecular formula is C13H19ClN2O2. The summed E-state index contributed by atoms with van der Waals surface area (Å²) in [6, 6.07) is 5.17. The van der Waals surface area contributed by atoms with Crippen LogP contribution in [0.25, 0.3) is 0 Å². The Morgan fingerprint density at radius 3 is 2.78 bits per heavy atom. The maximum absolute atomic E-state index is 12.0. The van der Waals surface area contributed by atoms with Crippen molar-refractivity contribution >= 4 is 23.3 Å². The van der Waals surface area contributed by atoms with Crippen molar-refractivity contribution in [2.45, 2.75) is 20.3 Å². The quantitative estimate of drug-likeness (QED) is 0.864. The minimum atomic E-state index is -0.212. The van der Waals surface area contributed by atoms with E-state index in [1.54, 1.807) is 17.0 Å². The molecule has 18 heavy (non-hydrogen) atoms. The number of urea groups is 1. The number of halogens is 1. The number of anilines is 1. The lowest BCUT2D eigenvalue weighted by Gasteiger charge is -2.22. The summed E-state index contributed by atoms with van der Waals surface area (Å²) in [5.74, 6) is 0. The highest BCUT2D eigenvalue weighted by Crippen LogP contribution is 2.23. The summed E-state index contributed by atoms with van der Waals surface area (Å²) in [4.78, 5) is 13.6. The van der Waals surface area contributed by atoms with Crippen LogP contribution >= 0.6 is 11.6 Å². The molecule has 1 aromatic carbocycles. The van der Waals surface area contributed by atoms with Crippen molar-refractivity contribution in [2.24, 2.45) is 0 Å². The molecule has 4 nitrogen and oxygen atoms in total. The van der Waals surface area contributed by atoms with Crippen LogP contribution in [0.5, 0.6) is 0 Å². The van der Waals surface area contributed by atoms with E-state index in [2.05, 4.69) is 5.32 Å². The molecule has 2 N–H and O–H groups in total. The molecule has 0 bridgehead atoms. The summed E-state index contributed by atoms with van der Waals surface area (Å²) in [5.41, 5.74) is 1.54. The first-order chi connectivity index (χ1) is 8.60. The molecule has 100 valence electrons. The fourth-order valence-electron chi connectivity index (χ4n) is 1.64. The van der Waals surface area contributed by atoms with Crippen LogP contribution in [0.15, 0.2) is 18.2 Å². The Labute approximate surface area is 113 Å². The predicted molar refractivity (Wildman–Crippen MR) is 74.2 cm³/mol. The number of nitrogens with one attached hydrogen (secondary N) is 1. The van der Waals surface area contributed by atoms with Gasteiger partial charge in [-0.25, -0.2) is 4.79 Å². The lowest BCUT2D eigenvalue weighted by Crippen LogP contribution is -2.37. The molecule has 0 heterocycles. The molecule has 0 aliphatic heterocycles. The Morgan fingerprint density at radius 1 is 1.44 bits per heavy atom. The van der Waals surface area contributed by atoms with Gasteiger partial charge in [0.05, 0.1) is 6.61 Å². The van der Waals surface area contributed by atoms with E-state index in [4.69, 9.17) is 16.7 Å². The van der Waals surface area contributed by atoms with Gasteiger partial charge in [0.15, 0.2) is 0 Å². The third kappa shape index (κ3) is 3.89. The second-order valence-corrected chi connectivity index (χ2v) is 4.46. The highest BCUT2D eigenvalue weighted by Gasteiger charge is 2.13. The fourth-order valence-corrected chi connectivity index (χ4v) is 1.82. The normalized spacial score (nSPS) is 10.2. The summed E-state index contributed by atoms with van der Waals surface area (Å²) in [7, 11) is 0. The average molecular weight is 271 g/mol. The summed E-state index contributed by atoms with van der Waals surface area (Å²) < 4.78 is 0. The molecule has 0 saturated carbocycles. The van der Waals surface area contributed by atoms with Gasteiger partial charge in [-0.1, -0.05) is 24.6 Å². The largest absolute Gasteiger partial charge is 0.395 e. The van der Waals surface area contributed by atoms with Crippen molar-refractivity contribution in [1.82, 2.24) is 4.90 Å². The summed E-state index contributed by atoms with van der Waals surface area (Å²) in [5, 5.41) is 12.4. The SMILES string of the molecule is CCCN(CCO)C(=O)Nc1cccc(Cl)c1C. The van der Waals surface area contributed by atoms with E-state index in [0.717, 1.165) is 12.0 Å². The molecule has 0 aromatic heterocycles. The zero-order valence-electron chi connectivity index (χ0n) is 10.7. The second-order valence-electron chi connectivity index (χ2n) is 4.05. The third-order valence-electron chi connectivity index (χ3n) is 2.66. The molecule has 0 aliphatic rings. The van der Waals surface area contributed by atoms with Gasteiger partial charge in [0.1, 0.15) is 0 Å². The van der Waals surface area contributed by atoms with Crippen molar-refractivity contribution in [3.8, 4) is 0 Å². The molecule has 0 aliphatic carbocycles. The minimum Gasteiger partial charge on any atom is -0.395 e. The first kappa shape index (κ1) is 14.8. The van der Waals surface area contributed by atoms with Crippen molar-refractivity contribution in [2.75, 3.05) is 25.0 Å². The molecule has 0 spiro atoms. The number of carbonyl (C=O) groups is 1. The van der Waals surface area contributed by atoms with Gasteiger partial charge in [0.2, 0.25) is 0 Å². The minimum absolute atomic E-state index is 0.0397. The number of aliphatic hydroxyl groups excluding tert-OH is 1. The van der Waals surface area contributed by atoms with E-state index >= 15 is 0 Å². The van der Waals surface area contributed by atoms with Gasteiger partial charge < -0.3 is 15.3 Å². The molecule has 0 radical (unpaired) electrons. The van der Waals surface area contributed by atoms with E-state index in [-0.39, 0.29) is 12.6 Å². The lowest BCUT2D eigenvalue weighted by atomic mass is 10.2. The van der Waals surface area contributed by atoms with E-state index < -0.39 is 0 Å². The fraction of sp³-hybridized carbons (Fsp3) is 0.462. The van der Waals surface area contributed by atoms with E-state index in [0.29, 0.717) is 23.8 Å². The summed E-state index contributed by atoms with van der Waals surface area (Å²) in [6.07, 6.45) is 0.849. The van der Waals surface area contributed by atoms with Gasteiger partial charge in [-0.05, 0) is 31.0 Å². The van der Waals surface area contributed by atoms with Gasteiger partial charge >= 0.3 is 6.03 Å². The van der Waals surface area contributed by atoms with Crippen LogP contribution in [-0.4, -0.2) is 35.7 Å². The molecule has 0 saturated heterocycles. The molecule has 2 amide bonds. The molecular weight excluding hydrogens is 252 g/mol. The van der Waals surface area contributed by atoms with Crippen LogP contribution < -0.4 is 5.32 Å². The molecule has 1 rings (SSSR count). The van der Waals surface area contributed by atoms with Crippen LogP contribution in [0, 0.1) is 6.92 Å². The molecule has 0 atom stereocenters. The molecule has 5 heteroatoms. The first-order valence-electron chi connectivity index (χ1n) is 6.02. The number of benzene rings is 1. The number of amides is 2. The predicted octanol–water partition coefficient (Wildman–Crippen LogP) is 2.88. The number of nitrogens with zero attached hydrogens (tertiary/aromatic N) is 1. The lowest BCUT2D eigenvalue weighted by molar-refractivity contribution is 0.188. The average Bonchev–Trinajstić information content (AvgIpc) is 2.34. The van der Waals surface area contributed by atoms with Crippen molar-refractivity contribution in [1.29, 1.82) is 0 Å². The number of hydrogen-bond donors (Lipinski definition) is 2. The maximum Gasteiger partial charge on any atom is 0.321 e. The Bertz CT molecular complexity index is 404. The zero-order valence-corrected chi connectivity index (χ0v) is 11.5. The summed E-state index contributed by atoms with van der Waals surface area (Å²) in [6.45, 7) is 4.75. The molecule has 0 fully saturated rings. The van der Waals surface area contributed by atoms with Crippen LogP contribution in [0.4, 0.5) is 10.5 Å². The highest BCUT2D eigenvalue weighted by atomic mass is 35.5. The Morgan fingerprint density at radius 2 is 2.17 bits per heavy atom. The van der Waals surface area contributed by atoms with Gasteiger partial charge in [-0.3, -0.25) is 0 Å². The number of hydrogen-bond acceptors (Lipinski definition) is 2. The van der Waals surface area contributed by atoms with Crippen LogP contribution in [-0.2, 0) is 0 Å². The monoisotopic (exact) mass is 270 g/mol. The number of aliphatic hydroxyl groups is 1. The Kier molecular flexibility index (Phi) is 5.95. The van der Waals surface area contributed by atoms with Crippen LogP contribution in [0.3, 0.4) is 0 Å². The van der Waals surface area contributed by atoms with E-state index in [9.17, 15) is 4.79 Å².